The summed E-state index contributed by atoms with van der Waals surface area (Å²) in [4.78, 5) is 29.1. The first-order valence-corrected chi connectivity index (χ1v) is 8.80. The van der Waals surface area contributed by atoms with E-state index in [4.69, 9.17) is 9.84 Å². The summed E-state index contributed by atoms with van der Waals surface area (Å²) < 4.78 is 6.82. The summed E-state index contributed by atoms with van der Waals surface area (Å²) in [5, 5.41) is 18.7. The number of piperidine rings is 1. The Bertz CT molecular complexity index is 720. The van der Waals surface area contributed by atoms with Gasteiger partial charge in [-0.3, -0.25) is 4.90 Å². The molecule has 2 bridgehead atoms. The molecule has 1 aromatic heterocycles. The molecule has 2 saturated heterocycles. The van der Waals surface area contributed by atoms with Crippen molar-refractivity contribution in [2.24, 2.45) is 0 Å². The molecule has 3 heterocycles. The molecular formula is C17H19BrN2O5. The Labute approximate surface area is 153 Å². The Kier molecular flexibility index (Phi) is 4.83. The monoisotopic (exact) mass is 410 g/mol. The Morgan fingerprint density at radius 2 is 2.20 bits per heavy atom. The molecule has 8 heteroatoms. The van der Waals surface area contributed by atoms with Gasteiger partial charge in [0.2, 0.25) is 5.88 Å². The minimum Gasteiger partial charge on any atom is -0.478 e. The van der Waals surface area contributed by atoms with Crippen LogP contribution < -0.4 is 4.74 Å². The molecule has 0 spiro atoms. The first-order chi connectivity index (χ1) is 11.8. The maximum absolute atomic E-state index is 11.7. The van der Waals surface area contributed by atoms with Gasteiger partial charge in [0.1, 0.15) is 6.10 Å². The quantitative estimate of drug-likeness (QED) is 0.718. The van der Waals surface area contributed by atoms with Crippen LogP contribution in [0.5, 0.6) is 5.88 Å². The normalized spacial score (nSPS) is 29.4. The fraction of sp³-hybridized carbons (Fsp3) is 0.471. The van der Waals surface area contributed by atoms with Crippen LogP contribution in [0.3, 0.4) is 0 Å². The molecule has 25 heavy (non-hydrogen) atoms. The van der Waals surface area contributed by atoms with E-state index in [1.165, 1.54) is 0 Å². The van der Waals surface area contributed by atoms with Crippen molar-refractivity contribution in [2.75, 3.05) is 7.05 Å². The summed E-state index contributed by atoms with van der Waals surface area (Å²) in [7, 11) is 1.87. The van der Waals surface area contributed by atoms with E-state index in [0.717, 1.165) is 23.4 Å². The fourth-order valence-corrected chi connectivity index (χ4v) is 4.29. The first kappa shape index (κ1) is 17.9. The van der Waals surface area contributed by atoms with Gasteiger partial charge in [-0.2, -0.15) is 0 Å². The molecule has 3 rings (SSSR count). The van der Waals surface area contributed by atoms with Gasteiger partial charge < -0.3 is 14.9 Å². The molecule has 0 aliphatic carbocycles. The van der Waals surface area contributed by atoms with Crippen molar-refractivity contribution in [3.05, 3.63) is 34.5 Å². The molecule has 134 valence electrons. The fourth-order valence-electron chi connectivity index (χ4n) is 4.06. The van der Waals surface area contributed by atoms with E-state index in [9.17, 15) is 14.7 Å². The van der Waals surface area contributed by atoms with Crippen molar-refractivity contribution in [3.8, 4) is 5.88 Å². The lowest BCUT2D eigenvalue weighted by Gasteiger charge is -2.45. The summed E-state index contributed by atoms with van der Waals surface area (Å²) in [6.45, 7) is 0. The molecule has 0 amide bonds. The summed E-state index contributed by atoms with van der Waals surface area (Å²) in [6, 6.07) is 3.74. The number of aromatic nitrogens is 1. The topological polar surface area (TPSA) is 100.0 Å². The van der Waals surface area contributed by atoms with Gasteiger partial charge in [-0.25, -0.2) is 14.6 Å². The lowest BCUT2D eigenvalue weighted by molar-refractivity contribution is -0.137. The molecule has 0 aromatic carbocycles. The number of carboxylic acid groups (broad SMARTS) is 2. The minimum absolute atomic E-state index is 0.0814. The lowest BCUT2D eigenvalue weighted by Crippen LogP contribution is -2.55. The van der Waals surface area contributed by atoms with Crippen LogP contribution in [-0.2, 0) is 9.59 Å². The van der Waals surface area contributed by atoms with Crippen LogP contribution in [0, 0.1) is 0 Å². The maximum atomic E-state index is 11.7. The van der Waals surface area contributed by atoms with Gasteiger partial charge in [0.05, 0.1) is 11.1 Å². The average Bonchev–Trinajstić information content (AvgIpc) is 2.74. The predicted octanol–water partition coefficient (Wildman–Crippen LogP) is 2.31. The van der Waals surface area contributed by atoms with Crippen molar-refractivity contribution in [2.45, 2.75) is 43.4 Å². The number of carbonyl (C=O) groups is 2. The number of hydrogen-bond donors (Lipinski definition) is 2. The van der Waals surface area contributed by atoms with Crippen LogP contribution >= 0.6 is 15.9 Å². The number of likely N-dealkylation sites (N-methyl/N-ethyl adjacent to an activating group) is 1. The van der Waals surface area contributed by atoms with E-state index in [0.29, 0.717) is 18.7 Å². The maximum Gasteiger partial charge on any atom is 0.333 e. The predicted molar refractivity (Wildman–Crippen MR) is 92.5 cm³/mol. The van der Waals surface area contributed by atoms with Crippen molar-refractivity contribution in [1.29, 1.82) is 0 Å². The molecule has 2 N–H and O–H groups in total. The zero-order chi connectivity index (χ0) is 18.2. The summed E-state index contributed by atoms with van der Waals surface area (Å²) in [5.41, 5.74) is -0.908. The highest BCUT2D eigenvalue weighted by Crippen LogP contribution is 2.48. The van der Waals surface area contributed by atoms with E-state index in [1.54, 1.807) is 12.3 Å². The SMILES string of the molecule is CN1C2CCC1(/C(=C\C(=O)O)C(=O)O)CC(Oc1ccc(Br)cn1)C2. The Morgan fingerprint density at radius 1 is 1.44 bits per heavy atom. The number of nitrogens with zero attached hydrogens (tertiary/aromatic N) is 2. The van der Waals surface area contributed by atoms with Crippen molar-refractivity contribution in [3.63, 3.8) is 0 Å². The van der Waals surface area contributed by atoms with Gasteiger partial charge in [0.25, 0.3) is 0 Å². The highest BCUT2D eigenvalue weighted by atomic mass is 79.9. The molecule has 3 unspecified atom stereocenters. The molecule has 2 aliphatic heterocycles. The highest BCUT2D eigenvalue weighted by Gasteiger charge is 2.54. The number of ether oxygens (including phenoxy) is 1. The third-order valence-electron chi connectivity index (χ3n) is 5.20. The third kappa shape index (κ3) is 3.41. The zero-order valence-corrected chi connectivity index (χ0v) is 15.3. The van der Waals surface area contributed by atoms with Gasteiger partial charge in [-0.1, -0.05) is 0 Å². The van der Waals surface area contributed by atoms with Crippen LogP contribution in [0.1, 0.15) is 25.7 Å². The summed E-state index contributed by atoms with van der Waals surface area (Å²) in [5.74, 6) is -1.97. The molecule has 1 aromatic rings. The highest BCUT2D eigenvalue weighted by molar-refractivity contribution is 9.10. The van der Waals surface area contributed by atoms with Crippen molar-refractivity contribution >= 4 is 27.9 Å². The number of fused-ring (bicyclic) bond motifs is 2. The summed E-state index contributed by atoms with van der Waals surface area (Å²) >= 11 is 3.32. The zero-order valence-electron chi connectivity index (χ0n) is 13.7. The second kappa shape index (κ2) is 6.76. The van der Waals surface area contributed by atoms with Crippen LogP contribution in [0.4, 0.5) is 0 Å². The number of hydrogen-bond acceptors (Lipinski definition) is 5. The first-order valence-electron chi connectivity index (χ1n) is 8.01. The molecule has 2 fully saturated rings. The standard InChI is InChI=1S/C17H19BrN2O5/c1-20-11-4-5-17(20,13(16(23)24)7-15(21)22)8-12(6-11)25-14-3-2-10(18)9-19-14/h2-3,7,9,11-12H,4-6,8H2,1H3,(H,21,22)(H,23,24)/b13-7-. The van der Waals surface area contributed by atoms with Crippen molar-refractivity contribution < 1.29 is 24.5 Å². The number of carboxylic acids is 2. The number of rotatable bonds is 5. The van der Waals surface area contributed by atoms with Crippen LogP contribution in [-0.4, -0.2) is 56.8 Å². The Balaban J connectivity index is 1.89. The molecule has 3 atom stereocenters. The van der Waals surface area contributed by atoms with E-state index < -0.39 is 17.5 Å². The largest absolute Gasteiger partial charge is 0.478 e. The van der Waals surface area contributed by atoms with Gasteiger partial charge in [-0.05, 0) is 48.3 Å². The lowest BCUT2D eigenvalue weighted by atomic mass is 9.80. The number of aliphatic carboxylic acids is 2. The van der Waals surface area contributed by atoms with Gasteiger partial charge in [0.15, 0.2) is 0 Å². The molecule has 0 saturated carbocycles. The molecular weight excluding hydrogens is 392 g/mol. The van der Waals surface area contributed by atoms with Crippen LogP contribution in [0.15, 0.2) is 34.5 Å². The molecule has 7 nitrogen and oxygen atoms in total. The van der Waals surface area contributed by atoms with E-state index >= 15 is 0 Å². The number of halogens is 1. The number of pyridine rings is 1. The molecule has 0 radical (unpaired) electrons. The van der Waals surface area contributed by atoms with E-state index in [1.807, 2.05) is 18.0 Å². The van der Waals surface area contributed by atoms with Crippen LogP contribution in [0.2, 0.25) is 0 Å². The van der Waals surface area contributed by atoms with Crippen molar-refractivity contribution in [1.82, 2.24) is 9.88 Å². The third-order valence-corrected chi connectivity index (χ3v) is 5.67. The average molecular weight is 411 g/mol. The Hall–Kier alpha value is -1.93. The second-order valence-corrected chi connectivity index (χ2v) is 7.45. The smallest absolute Gasteiger partial charge is 0.333 e. The van der Waals surface area contributed by atoms with E-state index in [2.05, 4.69) is 20.9 Å². The second-order valence-electron chi connectivity index (χ2n) is 6.53. The van der Waals surface area contributed by atoms with Gasteiger partial charge >= 0.3 is 11.9 Å². The summed E-state index contributed by atoms with van der Waals surface area (Å²) in [6.07, 6.45) is 4.85. The minimum atomic E-state index is -1.25. The Morgan fingerprint density at radius 3 is 2.80 bits per heavy atom. The van der Waals surface area contributed by atoms with E-state index in [-0.39, 0.29) is 17.7 Å². The van der Waals surface area contributed by atoms with Gasteiger partial charge in [0, 0.05) is 35.3 Å². The van der Waals surface area contributed by atoms with Gasteiger partial charge in [-0.15, -0.1) is 0 Å². The molecule has 2 aliphatic rings. The van der Waals surface area contributed by atoms with Crippen LogP contribution in [0.25, 0.3) is 0 Å².